The maximum absolute atomic E-state index is 12.1. The lowest BCUT2D eigenvalue weighted by atomic mass is 9.99. The maximum Gasteiger partial charge on any atom is 0.317 e. The van der Waals surface area contributed by atoms with Crippen LogP contribution in [0.5, 0.6) is 0 Å². The van der Waals surface area contributed by atoms with E-state index in [1.54, 1.807) is 4.90 Å². The van der Waals surface area contributed by atoms with Crippen LogP contribution < -0.4 is 5.32 Å². The first-order valence-electron chi connectivity index (χ1n) is 7.29. The van der Waals surface area contributed by atoms with Crippen molar-refractivity contribution < 1.29 is 14.7 Å². The number of nitrogens with zero attached hydrogens (tertiary/aromatic N) is 1. The molecule has 2 rings (SSSR count). The van der Waals surface area contributed by atoms with Crippen molar-refractivity contribution in [3.05, 3.63) is 35.4 Å². The summed E-state index contributed by atoms with van der Waals surface area (Å²) < 4.78 is 0. The third kappa shape index (κ3) is 3.74. The Bertz CT molecular complexity index is 530. The first-order valence-corrected chi connectivity index (χ1v) is 7.29. The van der Waals surface area contributed by atoms with Crippen LogP contribution >= 0.6 is 0 Å². The first-order chi connectivity index (χ1) is 9.99. The minimum Gasteiger partial charge on any atom is -0.481 e. The van der Waals surface area contributed by atoms with Crippen LogP contribution in [-0.4, -0.2) is 41.6 Å². The molecule has 2 amide bonds. The highest BCUT2D eigenvalue weighted by Crippen LogP contribution is 2.22. The molecule has 1 heterocycles. The standard InChI is InChI=1S/C16H22N2O3/c1-11-5-3-4-6-13(11)7-8-17-16(21)18-9-12(2)14(10-18)15(19)20/h3-6,12,14H,7-10H2,1-2H3,(H,17,21)(H,19,20)/t12-,14-/m1/s1. The highest BCUT2D eigenvalue weighted by Gasteiger charge is 2.36. The quantitative estimate of drug-likeness (QED) is 0.890. The van der Waals surface area contributed by atoms with Crippen molar-refractivity contribution in [2.75, 3.05) is 19.6 Å². The molecule has 0 bridgehead atoms. The van der Waals surface area contributed by atoms with Crippen LogP contribution in [0.3, 0.4) is 0 Å². The van der Waals surface area contributed by atoms with E-state index in [-0.39, 0.29) is 11.9 Å². The molecule has 1 fully saturated rings. The molecular formula is C16H22N2O3. The minimum absolute atomic E-state index is 0.00428. The summed E-state index contributed by atoms with van der Waals surface area (Å²) in [5.74, 6) is -1.27. The molecule has 0 spiro atoms. The van der Waals surface area contributed by atoms with E-state index in [1.807, 2.05) is 19.1 Å². The molecule has 0 saturated carbocycles. The van der Waals surface area contributed by atoms with Gasteiger partial charge in [0.2, 0.25) is 0 Å². The second kappa shape index (κ2) is 6.61. The number of hydrogen-bond acceptors (Lipinski definition) is 2. The van der Waals surface area contributed by atoms with Gasteiger partial charge in [-0.15, -0.1) is 0 Å². The number of aryl methyl sites for hydroxylation is 1. The number of carbonyl (C=O) groups is 2. The zero-order valence-corrected chi connectivity index (χ0v) is 12.5. The fraction of sp³-hybridized carbons (Fsp3) is 0.500. The van der Waals surface area contributed by atoms with Gasteiger partial charge in [0, 0.05) is 19.6 Å². The van der Waals surface area contributed by atoms with Crippen LogP contribution in [-0.2, 0) is 11.2 Å². The van der Waals surface area contributed by atoms with Crippen molar-refractivity contribution in [1.82, 2.24) is 10.2 Å². The normalized spacial score (nSPS) is 21.3. The average Bonchev–Trinajstić information content (AvgIpc) is 2.83. The maximum atomic E-state index is 12.1. The Kier molecular flexibility index (Phi) is 4.83. The van der Waals surface area contributed by atoms with Crippen LogP contribution in [0.2, 0.25) is 0 Å². The molecule has 1 aromatic carbocycles. The number of likely N-dealkylation sites (tertiary alicyclic amines) is 1. The molecule has 0 aromatic heterocycles. The average molecular weight is 290 g/mol. The molecule has 1 aromatic rings. The fourth-order valence-electron chi connectivity index (χ4n) is 2.76. The molecule has 1 aliphatic rings. The third-order valence-corrected chi connectivity index (χ3v) is 4.15. The Morgan fingerprint density at radius 2 is 2.05 bits per heavy atom. The Labute approximate surface area is 125 Å². The molecule has 114 valence electrons. The van der Waals surface area contributed by atoms with E-state index < -0.39 is 11.9 Å². The van der Waals surface area contributed by atoms with E-state index in [0.29, 0.717) is 19.6 Å². The number of carbonyl (C=O) groups excluding carboxylic acids is 1. The summed E-state index contributed by atoms with van der Waals surface area (Å²) in [5.41, 5.74) is 2.43. The van der Waals surface area contributed by atoms with E-state index >= 15 is 0 Å². The van der Waals surface area contributed by atoms with Gasteiger partial charge in [-0.05, 0) is 30.4 Å². The van der Waals surface area contributed by atoms with Gasteiger partial charge in [0.25, 0.3) is 0 Å². The molecule has 1 aliphatic heterocycles. The van der Waals surface area contributed by atoms with E-state index in [0.717, 1.165) is 6.42 Å². The summed E-state index contributed by atoms with van der Waals surface area (Å²) in [6, 6.07) is 7.93. The summed E-state index contributed by atoms with van der Waals surface area (Å²) in [5, 5.41) is 12.0. The minimum atomic E-state index is -0.822. The molecule has 0 unspecified atom stereocenters. The van der Waals surface area contributed by atoms with Crippen molar-refractivity contribution in [1.29, 1.82) is 0 Å². The lowest BCUT2D eigenvalue weighted by Crippen LogP contribution is -2.39. The molecule has 2 N–H and O–H groups in total. The second-order valence-electron chi connectivity index (χ2n) is 5.74. The van der Waals surface area contributed by atoms with Gasteiger partial charge in [0.05, 0.1) is 5.92 Å². The Balaban J connectivity index is 1.81. The molecule has 2 atom stereocenters. The molecule has 0 aliphatic carbocycles. The van der Waals surface area contributed by atoms with Gasteiger partial charge in [-0.2, -0.15) is 0 Å². The molecule has 1 saturated heterocycles. The van der Waals surface area contributed by atoms with E-state index in [1.165, 1.54) is 11.1 Å². The number of amides is 2. The number of rotatable bonds is 4. The lowest BCUT2D eigenvalue weighted by Gasteiger charge is -2.17. The summed E-state index contributed by atoms with van der Waals surface area (Å²) in [7, 11) is 0. The van der Waals surface area contributed by atoms with Gasteiger partial charge < -0.3 is 15.3 Å². The number of aliphatic carboxylic acids is 1. The Morgan fingerprint density at radius 3 is 2.67 bits per heavy atom. The van der Waals surface area contributed by atoms with Crippen molar-refractivity contribution in [2.24, 2.45) is 11.8 Å². The second-order valence-corrected chi connectivity index (χ2v) is 5.74. The van der Waals surface area contributed by atoms with Crippen molar-refractivity contribution in [3.63, 3.8) is 0 Å². The monoisotopic (exact) mass is 290 g/mol. The molecular weight excluding hydrogens is 268 g/mol. The number of carboxylic acids is 1. The van der Waals surface area contributed by atoms with Crippen LogP contribution in [0.1, 0.15) is 18.1 Å². The largest absolute Gasteiger partial charge is 0.481 e. The van der Waals surface area contributed by atoms with Gasteiger partial charge in [-0.1, -0.05) is 31.2 Å². The zero-order valence-electron chi connectivity index (χ0n) is 12.5. The van der Waals surface area contributed by atoms with Gasteiger partial charge in [0.1, 0.15) is 0 Å². The topological polar surface area (TPSA) is 69.6 Å². The first kappa shape index (κ1) is 15.4. The number of urea groups is 1. The molecule has 5 nitrogen and oxygen atoms in total. The number of hydrogen-bond donors (Lipinski definition) is 2. The van der Waals surface area contributed by atoms with Gasteiger partial charge in [-0.25, -0.2) is 4.79 Å². The highest BCUT2D eigenvalue weighted by atomic mass is 16.4. The van der Waals surface area contributed by atoms with Gasteiger partial charge >= 0.3 is 12.0 Å². The predicted molar refractivity (Wildman–Crippen MR) is 80.1 cm³/mol. The third-order valence-electron chi connectivity index (χ3n) is 4.15. The Morgan fingerprint density at radius 1 is 1.33 bits per heavy atom. The number of nitrogens with one attached hydrogen (secondary N) is 1. The van der Waals surface area contributed by atoms with Crippen LogP contribution in [0.15, 0.2) is 24.3 Å². The molecule has 0 radical (unpaired) electrons. The summed E-state index contributed by atoms with van der Waals surface area (Å²) in [4.78, 5) is 24.7. The van der Waals surface area contributed by atoms with E-state index in [4.69, 9.17) is 5.11 Å². The SMILES string of the molecule is Cc1ccccc1CCNC(=O)N1C[C@@H](C)[C@H](C(=O)O)C1. The number of carboxylic acid groups (broad SMARTS) is 1. The van der Waals surface area contributed by atoms with Gasteiger partial charge in [0.15, 0.2) is 0 Å². The van der Waals surface area contributed by atoms with Crippen molar-refractivity contribution in [2.45, 2.75) is 20.3 Å². The van der Waals surface area contributed by atoms with Crippen LogP contribution in [0.4, 0.5) is 4.79 Å². The van der Waals surface area contributed by atoms with Gasteiger partial charge in [-0.3, -0.25) is 4.79 Å². The smallest absolute Gasteiger partial charge is 0.317 e. The summed E-state index contributed by atoms with van der Waals surface area (Å²) in [6.07, 6.45) is 0.782. The van der Waals surface area contributed by atoms with Crippen molar-refractivity contribution in [3.8, 4) is 0 Å². The summed E-state index contributed by atoms with van der Waals surface area (Å²) >= 11 is 0. The highest BCUT2D eigenvalue weighted by molar-refractivity contribution is 5.77. The molecule has 5 heteroatoms. The lowest BCUT2D eigenvalue weighted by molar-refractivity contribution is -0.142. The molecule has 21 heavy (non-hydrogen) atoms. The Hall–Kier alpha value is -2.04. The zero-order chi connectivity index (χ0) is 15.4. The number of benzene rings is 1. The van der Waals surface area contributed by atoms with Crippen molar-refractivity contribution >= 4 is 12.0 Å². The predicted octanol–water partition coefficient (Wildman–Crippen LogP) is 1.90. The summed E-state index contributed by atoms with van der Waals surface area (Å²) in [6.45, 7) is 5.29. The fourth-order valence-corrected chi connectivity index (χ4v) is 2.76. The van der Waals surface area contributed by atoms with E-state index in [9.17, 15) is 9.59 Å². The van der Waals surface area contributed by atoms with E-state index in [2.05, 4.69) is 24.4 Å². The van der Waals surface area contributed by atoms with Crippen LogP contribution in [0, 0.1) is 18.8 Å². The van der Waals surface area contributed by atoms with Crippen LogP contribution in [0.25, 0.3) is 0 Å².